The van der Waals surface area contributed by atoms with Crippen molar-refractivity contribution in [2.75, 3.05) is 24.3 Å². The second-order valence-electron chi connectivity index (χ2n) is 3.97. The van der Waals surface area contributed by atoms with Gasteiger partial charge in [-0.3, -0.25) is 4.98 Å². The average Bonchev–Trinajstić information content (AvgIpc) is 2.42. The Morgan fingerprint density at radius 1 is 1.16 bits per heavy atom. The zero-order valence-corrected chi connectivity index (χ0v) is 10.9. The van der Waals surface area contributed by atoms with E-state index in [1.165, 1.54) is 13.2 Å². The van der Waals surface area contributed by atoms with Crippen molar-refractivity contribution in [1.29, 1.82) is 0 Å². The van der Waals surface area contributed by atoms with Gasteiger partial charge < -0.3 is 15.4 Å². The third-order valence-electron chi connectivity index (χ3n) is 2.56. The molecular weight excluding hydrogens is 245 g/mol. The highest BCUT2D eigenvalue weighted by atomic mass is 19.1. The van der Waals surface area contributed by atoms with Crippen molar-refractivity contribution in [1.82, 2.24) is 4.98 Å². The average molecular weight is 261 g/mol. The molecule has 5 heteroatoms. The van der Waals surface area contributed by atoms with Crippen LogP contribution in [0, 0.1) is 5.82 Å². The number of benzene rings is 1. The molecule has 2 aromatic rings. The summed E-state index contributed by atoms with van der Waals surface area (Å²) < 4.78 is 18.2. The van der Waals surface area contributed by atoms with E-state index in [-0.39, 0.29) is 11.6 Å². The lowest BCUT2D eigenvalue weighted by molar-refractivity contribution is 0.387. The minimum atomic E-state index is -0.382. The summed E-state index contributed by atoms with van der Waals surface area (Å²) >= 11 is 0. The minimum Gasteiger partial charge on any atom is -0.494 e. The van der Waals surface area contributed by atoms with Crippen LogP contribution in [0.15, 0.2) is 36.7 Å². The van der Waals surface area contributed by atoms with Gasteiger partial charge in [-0.2, -0.15) is 0 Å². The van der Waals surface area contributed by atoms with Crippen molar-refractivity contribution >= 4 is 17.1 Å². The van der Waals surface area contributed by atoms with Crippen molar-refractivity contribution in [3.8, 4) is 5.75 Å². The summed E-state index contributed by atoms with van der Waals surface area (Å²) in [4.78, 5) is 4.13. The quantitative estimate of drug-likeness (QED) is 0.866. The van der Waals surface area contributed by atoms with E-state index in [1.54, 1.807) is 24.5 Å². The van der Waals surface area contributed by atoms with Crippen molar-refractivity contribution in [3.05, 3.63) is 42.5 Å². The fraction of sp³-hybridized carbons (Fsp3) is 0.214. The monoisotopic (exact) mass is 261 g/mol. The van der Waals surface area contributed by atoms with Crippen LogP contribution >= 0.6 is 0 Å². The fourth-order valence-corrected chi connectivity index (χ4v) is 1.71. The standard InChI is InChI=1S/C14H16FN3O/c1-3-17-11-6-12(9-16-8-11)18-10-4-5-13(15)14(7-10)19-2/h4-9,17-18H,3H2,1-2H3. The van der Waals surface area contributed by atoms with Gasteiger partial charge in [0.25, 0.3) is 0 Å². The molecule has 0 saturated carbocycles. The molecule has 0 aliphatic carbocycles. The Hall–Kier alpha value is -2.30. The van der Waals surface area contributed by atoms with Crippen molar-refractivity contribution in [2.45, 2.75) is 6.92 Å². The molecule has 0 saturated heterocycles. The molecule has 100 valence electrons. The summed E-state index contributed by atoms with van der Waals surface area (Å²) in [5.74, 6) is -0.173. The van der Waals surface area contributed by atoms with Crippen molar-refractivity contribution in [3.63, 3.8) is 0 Å². The number of hydrogen-bond acceptors (Lipinski definition) is 4. The fourth-order valence-electron chi connectivity index (χ4n) is 1.71. The summed E-state index contributed by atoms with van der Waals surface area (Å²) in [6.45, 7) is 2.85. The van der Waals surface area contributed by atoms with Crippen LogP contribution in [0.3, 0.4) is 0 Å². The van der Waals surface area contributed by atoms with Gasteiger partial charge in [-0.15, -0.1) is 0 Å². The van der Waals surface area contributed by atoms with Gasteiger partial charge in [-0.05, 0) is 25.1 Å². The van der Waals surface area contributed by atoms with Crippen LogP contribution in [0.1, 0.15) is 6.92 Å². The third-order valence-corrected chi connectivity index (χ3v) is 2.56. The van der Waals surface area contributed by atoms with Crippen LogP contribution in [-0.2, 0) is 0 Å². The highest BCUT2D eigenvalue weighted by molar-refractivity contribution is 5.64. The minimum absolute atomic E-state index is 0.209. The molecule has 0 bridgehead atoms. The van der Waals surface area contributed by atoms with Crippen LogP contribution in [0.25, 0.3) is 0 Å². The highest BCUT2D eigenvalue weighted by Gasteiger charge is 2.04. The second kappa shape index (κ2) is 6.04. The molecular formula is C14H16FN3O. The van der Waals surface area contributed by atoms with E-state index in [4.69, 9.17) is 4.74 Å². The lowest BCUT2D eigenvalue weighted by Crippen LogP contribution is -1.99. The molecule has 0 fully saturated rings. The first-order chi connectivity index (χ1) is 9.22. The van der Waals surface area contributed by atoms with E-state index < -0.39 is 0 Å². The molecule has 0 atom stereocenters. The Bertz CT molecular complexity index is 560. The number of hydrogen-bond donors (Lipinski definition) is 2. The van der Waals surface area contributed by atoms with Crippen molar-refractivity contribution in [2.24, 2.45) is 0 Å². The maximum Gasteiger partial charge on any atom is 0.165 e. The largest absolute Gasteiger partial charge is 0.494 e. The number of anilines is 3. The van der Waals surface area contributed by atoms with E-state index in [9.17, 15) is 4.39 Å². The zero-order valence-electron chi connectivity index (χ0n) is 10.9. The summed E-state index contributed by atoms with van der Waals surface area (Å²) in [7, 11) is 1.44. The second-order valence-corrected chi connectivity index (χ2v) is 3.97. The summed E-state index contributed by atoms with van der Waals surface area (Å²) in [5.41, 5.74) is 2.50. The summed E-state index contributed by atoms with van der Waals surface area (Å²) in [6.07, 6.45) is 3.45. The van der Waals surface area contributed by atoms with Crippen LogP contribution < -0.4 is 15.4 Å². The molecule has 0 amide bonds. The van der Waals surface area contributed by atoms with Gasteiger partial charge in [0, 0.05) is 18.3 Å². The van der Waals surface area contributed by atoms with Crippen molar-refractivity contribution < 1.29 is 9.13 Å². The van der Waals surface area contributed by atoms with Gasteiger partial charge in [-0.25, -0.2) is 4.39 Å². The molecule has 0 radical (unpaired) electrons. The van der Waals surface area contributed by atoms with Crippen LogP contribution in [-0.4, -0.2) is 18.6 Å². The van der Waals surface area contributed by atoms with Gasteiger partial charge in [0.1, 0.15) is 0 Å². The molecule has 1 aromatic heterocycles. The van der Waals surface area contributed by atoms with E-state index in [1.807, 2.05) is 13.0 Å². The van der Waals surface area contributed by atoms with E-state index in [0.29, 0.717) is 0 Å². The first-order valence-electron chi connectivity index (χ1n) is 6.02. The first-order valence-corrected chi connectivity index (χ1v) is 6.02. The molecule has 0 aliphatic heterocycles. The molecule has 4 nitrogen and oxygen atoms in total. The van der Waals surface area contributed by atoms with Gasteiger partial charge >= 0.3 is 0 Å². The maximum atomic E-state index is 13.3. The molecule has 0 spiro atoms. The number of halogens is 1. The van der Waals surface area contributed by atoms with Crippen LogP contribution in [0.2, 0.25) is 0 Å². The number of ether oxygens (including phenoxy) is 1. The smallest absolute Gasteiger partial charge is 0.165 e. The van der Waals surface area contributed by atoms with Gasteiger partial charge in [0.05, 0.1) is 30.9 Å². The van der Waals surface area contributed by atoms with Gasteiger partial charge in [0.15, 0.2) is 11.6 Å². The Balaban J connectivity index is 2.18. The predicted molar refractivity (Wildman–Crippen MR) is 74.6 cm³/mol. The number of rotatable bonds is 5. The van der Waals surface area contributed by atoms with E-state index in [0.717, 1.165) is 23.6 Å². The molecule has 0 aliphatic rings. The maximum absolute atomic E-state index is 13.3. The molecule has 0 unspecified atom stereocenters. The highest BCUT2D eigenvalue weighted by Crippen LogP contribution is 2.24. The summed E-state index contributed by atoms with van der Waals surface area (Å²) in [6, 6.07) is 6.56. The van der Waals surface area contributed by atoms with E-state index in [2.05, 4.69) is 15.6 Å². The number of nitrogens with zero attached hydrogens (tertiary/aromatic N) is 1. The van der Waals surface area contributed by atoms with Gasteiger partial charge in [0.2, 0.25) is 0 Å². The van der Waals surface area contributed by atoms with Gasteiger partial charge in [-0.1, -0.05) is 0 Å². The summed E-state index contributed by atoms with van der Waals surface area (Å²) in [5, 5.41) is 6.33. The topological polar surface area (TPSA) is 46.2 Å². The molecule has 19 heavy (non-hydrogen) atoms. The Kier molecular flexibility index (Phi) is 4.18. The zero-order chi connectivity index (χ0) is 13.7. The normalized spacial score (nSPS) is 10.1. The SMILES string of the molecule is CCNc1cncc(Nc2ccc(F)c(OC)c2)c1. The number of aromatic nitrogens is 1. The lowest BCUT2D eigenvalue weighted by Gasteiger charge is -2.10. The van der Waals surface area contributed by atoms with Crippen LogP contribution in [0.4, 0.5) is 21.5 Å². The molecule has 1 heterocycles. The predicted octanol–water partition coefficient (Wildman–Crippen LogP) is 3.40. The first kappa shape index (κ1) is 13.1. The van der Waals surface area contributed by atoms with E-state index >= 15 is 0 Å². The number of nitrogens with one attached hydrogen (secondary N) is 2. The third kappa shape index (κ3) is 3.34. The number of pyridine rings is 1. The molecule has 2 rings (SSSR count). The Morgan fingerprint density at radius 2 is 1.95 bits per heavy atom. The lowest BCUT2D eigenvalue weighted by atomic mass is 10.2. The number of methoxy groups -OCH3 is 1. The Morgan fingerprint density at radius 3 is 2.68 bits per heavy atom. The molecule has 2 N–H and O–H groups in total. The Labute approximate surface area is 111 Å². The van der Waals surface area contributed by atoms with Crippen LogP contribution in [0.5, 0.6) is 5.75 Å². The molecule has 1 aromatic carbocycles.